The van der Waals surface area contributed by atoms with Crippen LogP contribution in [-0.2, 0) is 9.84 Å². The largest absolute Gasteiger partial charge is 0.372 e. The molecule has 1 atom stereocenters. The first-order valence-corrected chi connectivity index (χ1v) is 9.06. The molecule has 6 nitrogen and oxygen atoms in total. The van der Waals surface area contributed by atoms with Crippen LogP contribution >= 0.6 is 0 Å². The second-order valence-corrected chi connectivity index (χ2v) is 7.66. The van der Waals surface area contributed by atoms with Gasteiger partial charge in [-0.1, -0.05) is 36.4 Å². The van der Waals surface area contributed by atoms with Crippen LogP contribution < -0.4 is 5.32 Å². The third-order valence-electron chi connectivity index (χ3n) is 3.35. The zero-order chi connectivity index (χ0) is 17.0. The van der Waals surface area contributed by atoms with Gasteiger partial charge in [0.05, 0.1) is 16.7 Å². The van der Waals surface area contributed by atoms with Gasteiger partial charge < -0.3 is 5.32 Å². The highest BCUT2D eigenvalue weighted by atomic mass is 32.2. The molecule has 0 fully saturated rings. The van der Waals surface area contributed by atoms with Crippen molar-refractivity contribution in [3.8, 4) is 0 Å². The number of aryl methyl sites for hydroxylation is 1. The zero-order valence-electron chi connectivity index (χ0n) is 12.9. The molecular formula is C16H18N2O4S. The van der Waals surface area contributed by atoms with E-state index in [1.54, 1.807) is 36.4 Å². The van der Waals surface area contributed by atoms with Crippen molar-refractivity contribution in [2.75, 3.05) is 17.3 Å². The van der Waals surface area contributed by atoms with Crippen LogP contribution in [0.4, 0.5) is 11.4 Å². The first-order valence-electron chi connectivity index (χ1n) is 7.00. The Hall–Kier alpha value is -2.41. The molecule has 0 aliphatic heterocycles. The monoisotopic (exact) mass is 334 g/mol. The fraction of sp³-hybridized carbons (Fsp3) is 0.250. The molecule has 122 valence electrons. The molecule has 0 amide bonds. The molecule has 1 N–H and O–H groups in total. The molecule has 7 heteroatoms. The summed E-state index contributed by atoms with van der Waals surface area (Å²) < 4.78 is 23.4. The normalized spacial score (nSPS) is 12.6. The SMILES string of the molecule is Cc1ccc([N+](=O)[O-])c(N[C@@H](CS(C)(=O)=O)c2ccccc2)c1. The van der Waals surface area contributed by atoms with E-state index in [1.165, 1.54) is 6.07 Å². The molecule has 0 unspecified atom stereocenters. The number of nitro groups is 1. The zero-order valence-corrected chi connectivity index (χ0v) is 13.7. The van der Waals surface area contributed by atoms with Gasteiger partial charge in [0.25, 0.3) is 5.69 Å². The Morgan fingerprint density at radius 2 is 1.83 bits per heavy atom. The molecule has 23 heavy (non-hydrogen) atoms. The van der Waals surface area contributed by atoms with Gasteiger partial charge in [-0.15, -0.1) is 0 Å². The highest BCUT2D eigenvalue weighted by Gasteiger charge is 2.21. The maximum Gasteiger partial charge on any atom is 0.292 e. The molecule has 0 saturated carbocycles. The van der Waals surface area contributed by atoms with E-state index >= 15 is 0 Å². The Morgan fingerprint density at radius 1 is 1.17 bits per heavy atom. The van der Waals surface area contributed by atoms with Gasteiger partial charge in [0.2, 0.25) is 0 Å². The minimum absolute atomic E-state index is 0.0787. The Balaban J connectivity index is 2.42. The Morgan fingerprint density at radius 3 is 2.39 bits per heavy atom. The van der Waals surface area contributed by atoms with Crippen LogP contribution in [0.2, 0.25) is 0 Å². The van der Waals surface area contributed by atoms with Crippen LogP contribution in [0.1, 0.15) is 17.2 Å². The first-order chi connectivity index (χ1) is 10.8. The van der Waals surface area contributed by atoms with Gasteiger partial charge in [0.15, 0.2) is 0 Å². The molecule has 0 aliphatic carbocycles. The topological polar surface area (TPSA) is 89.3 Å². The molecule has 0 aromatic heterocycles. The third-order valence-corrected chi connectivity index (χ3v) is 4.29. The number of anilines is 1. The molecule has 2 aromatic rings. The lowest BCUT2D eigenvalue weighted by Crippen LogP contribution is -2.21. The molecule has 2 aromatic carbocycles. The van der Waals surface area contributed by atoms with E-state index in [2.05, 4.69) is 5.32 Å². The number of sulfone groups is 1. The number of hydrogen-bond donors (Lipinski definition) is 1. The lowest BCUT2D eigenvalue weighted by atomic mass is 10.1. The predicted octanol–water partition coefficient (Wildman–Crippen LogP) is 3.10. The molecule has 0 heterocycles. The molecule has 0 spiro atoms. The average Bonchev–Trinajstić information content (AvgIpc) is 2.46. The van der Waals surface area contributed by atoms with Gasteiger partial charge in [-0.25, -0.2) is 8.42 Å². The van der Waals surface area contributed by atoms with Gasteiger partial charge in [-0.2, -0.15) is 0 Å². The van der Waals surface area contributed by atoms with Crippen molar-refractivity contribution in [3.63, 3.8) is 0 Å². The summed E-state index contributed by atoms with van der Waals surface area (Å²) >= 11 is 0. The van der Waals surface area contributed by atoms with E-state index in [0.29, 0.717) is 5.69 Å². The van der Waals surface area contributed by atoms with Crippen LogP contribution in [0.25, 0.3) is 0 Å². The summed E-state index contributed by atoms with van der Waals surface area (Å²) in [4.78, 5) is 10.7. The number of benzene rings is 2. The quantitative estimate of drug-likeness (QED) is 0.647. The standard InChI is InChI=1S/C16H18N2O4S/c1-12-8-9-16(18(19)20)14(10-12)17-15(11-23(2,21)22)13-6-4-3-5-7-13/h3-10,15,17H,11H2,1-2H3/t15-/m0/s1. The Kier molecular flexibility index (Phi) is 5.00. The van der Waals surface area contributed by atoms with E-state index in [9.17, 15) is 18.5 Å². The molecule has 0 bridgehead atoms. The molecule has 0 saturated heterocycles. The van der Waals surface area contributed by atoms with Crippen molar-refractivity contribution in [2.24, 2.45) is 0 Å². The van der Waals surface area contributed by atoms with Crippen molar-refractivity contribution >= 4 is 21.2 Å². The highest BCUT2D eigenvalue weighted by Crippen LogP contribution is 2.29. The number of hydrogen-bond acceptors (Lipinski definition) is 5. The minimum atomic E-state index is -3.27. The smallest absolute Gasteiger partial charge is 0.292 e. The Labute approximate surface area is 135 Å². The van der Waals surface area contributed by atoms with Crippen molar-refractivity contribution in [2.45, 2.75) is 13.0 Å². The van der Waals surface area contributed by atoms with Crippen LogP contribution in [0, 0.1) is 17.0 Å². The van der Waals surface area contributed by atoms with Crippen LogP contribution in [0.15, 0.2) is 48.5 Å². The summed E-state index contributed by atoms with van der Waals surface area (Å²) in [6.07, 6.45) is 1.15. The van der Waals surface area contributed by atoms with Crippen LogP contribution in [0.5, 0.6) is 0 Å². The fourth-order valence-corrected chi connectivity index (χ4v) is 3.20. The van der Waals surface area contributed by atoms with Gasteiger partial charge in [0, 0.05) is 12.3 Å². The number of nitrogens with zero attached hydrogens (tertiary/aromatic N) is 1. The number of rotatable bonds is 6. The summed E-state index contributed by atoms with van der Waals surface area (Å²) in [6.45, 7) is 1.82. The molecular weight excluding hydrogens is 316 g/mol. The molecule has 0 radical (unpaired) electrons. The van der Waals surface area contributed by atoms with E-state index in [1.807, 2.05) is 13.0 Å². The summed E-state index contributed by atoms with van der Waals surface area (Å²) in [5.74, 6) is -0.151. The summed E-state index contributed by atoms with van der Waals surface area (Å²) in [5, 5.41) is 14.2. The van der Waals surface area contributed by atoms with Crippen molar-refractivity contribution < 1.29 is 13.3 Å². The van der Waals surface area contributed by atoms with Gasteiger partial charge in [-0.05, 0) is 24.1 Å². The van der Waals surface area contributed by atoms with Crippen molar-refractivity contribution in [3.05, 3.63) is 69.8 Å². The van der Waals surface area contributed by atoms with Gasteiger partial charge in [-0.3, -0.25) is 10.1 Å². The van der Waals surface area contributed by atoms with Gasteiger partial charge >= 0.3 is 0 Å². The van der Waals surface area contributed by atoms with E-state index < -0.39 is 20.8 Å². The third kappa shape index (κ3) is 4.79. The minimum Gasteiger partial charge on any atom is -0.372 e. The van der Waals surface area contributed by atoms with E-state index in [-0.39, 0.29) is 11.4 Å². The van der Waals surface area contributed by atoms with Crippen molar-refractivity contribution in [1.29, 1.82) is 0 Å². The fourth-order valence-electron chi connectivity index (χ4n) is 2.32. The predicted molar refractivity (Wildman–Crippen MR) is 90.3 cm³/mol. The lowest BCUT2D eigenvalue weighted by molar-refractivity contribution is -0.384. The first kappa shape index (κ1) is 17.0. The van der Waals surface area contributed by atoms with Crippen LogP contribution in [0.3, 0.4) is 0 Å². The highest BCUT2D eigenvalue weighted by molar-refractivity contribution is 7.90. The van der Waals surface area contributed by atoms with Gasteiger partial charge in [0.1, 0.15) is 15.5 Å². The van der Waals surface area contributed by atoms with E-state index in [0.717, 1.165) is 17.4 Å². The Bertz CT molecular complexity index is 804. The van der Waals surface area contributed by atoms with Crippen LogP contribution in [-0.4, -0.2) is 25.3 Å². The molecule has 0 aliphatic rings. The number of nitro benzene ring substituents is 1. The number of nitrogens with one attached hydrogen (secondary N) is 1. The van der Waals surface area contributed by atoms with E-state index in [4.69, 9.17) is 0 Å². The maximum absolute atomic E-state index is 11.7. The van der Waals surface area contributed by atoms with Crippen molar-refractivity contribution in [1.82, 2.24) is 0 Å². The molecule has 2 rings (SSSR count). The second-order valence-electron chi connectivity index (χ2n) is 5.48. The lowest BCUT2D eigenvalue weighted by Gasteiger charge is -2.20. The average molecular weight is 334 g/mol. The summed E-state index contributed by atoms with van der Waals surface area (Å²) in [5.41, 5.74) is 1.84. The second kappa shape index (κ2) is 6.78. The summed E-state index contributed by atoms with van der Waals surface area (Å²) in [6, 6.07) is 13.2. The maximum atomic E-state index is 11.7. The summed E-state index contributed by atoms with van der Waals surface area (Å²) in [7, 11) is -3.27.